The molecule has 0 bridgehead atoms. The normalized spacial score (nSPS) is 11.7. The van der Waals surface area contributed by atoms with E-state index < -0.39 is 29.4 Å². The summed E-state index contributed by atoms with van der Waals surface area (Å²) in [7, 11) is 1.42. The van der Waals surface area contributed by atoms with Crippen molar-refractivity contribution in [1.29, 1.82) is 0 Å². The van der Waals surface area contributed by atoms with Crippen LogP contribution < -0.4 is 10.1 Å². The van der Waals surface area contributed by atoms with Gasteiger partial charge in [0.15, 0.2) is 6.10 Å². The molecule has 0 aliphatic carbocycles. The second-order valence-electron chi connectivity index (χ2n) is 3.29. The van der Waals surface area contributed by atoms with Crippen LogP contribution in [0, 0.1) is 5.82 Å². The Morgan fingerprint density at radius 2 is 2.12 bits per heavy atom. The molecule has 0 spiro atoms. The van der Waals surface area contributed by atoms with Crippen LogP contribution in [0.5, 0.6) is 5.75 Å². The van der Waals surface area contributed by atoms with Crippen molar-refractivity contribution in [2.45, 2.75) is 13.0 Å². The van der Waals surface area contributed by atoms with Gasteiger partial charge in [-0.3, -0.25) is 4.79 Å². The van der Waals surface area contributed by atoms with Gasteiger partial charge in [-0.15, -0.1) is 0 Å². The number of carbonyl (C=O) groups is 2. The van der Waals surface area contributed by atoms with Gasteiger partial charge < -0.3 is 15.2 Å². The first-order valence-electron chi connectivity index (χ1n) is 4.87. The number of aromatic carboxylic acids is 1. The fraction of sp³-hybridized carbons (Fsp3) is 0.273. The summed E-state index contributed by atoms with van der Waals surface area (Å²) >= 11 is 0. The van der Waals surface area contributed by atoms with E-state index in [2.05, 4.69) is 5.32 Å². The summed E-state index contributed by atoms with van der Waals surface area (Å²) in [6.45, 7) is 1.44. The fourth-order valence-electron chi connectivity index (χ4n) is 1.26. The third kappa shape index (κ3) is 2.93. The summed E-state index contributed by atoms with van der Waals surface area (Å²) in [5.74, 6) is -2.94. The zero-order valence-corrected chi connectivity index (χ0v) is 9.36. The van der Waals surface area contributed by atoms with Gasteiger partial charge in [0.2, 0.25) is 0 Å². The third-order valence-electron chi connectivity index (χ3n) is 2.11. The number of likely N-dealkylation sites (N-methyl/N-ethyl adjacent to an activating group) is 1. The predicted octanol–water partition coefficient (Wildman–Crippen LogP) is 1.04. The van der Waals surface area contributed by atoms with E-state index in [1.807, 2.05) is 0 Å². The highest BCUT2D eigenvalue weighted by atomic mass is 19.1. The summed E-state index contributed by atoms with van der Waals surface area (Å²) in [5.41, 5.74) is -0.580. The topological polar surface area (TPSA) is 75.6 Å². The number of amides is 1. The number of nitrogens with one attached hydrogen (secondary N) is 1. The number of ether oxygens (including phenoxy) is 1. The molecule has 1 amide bonds. The molecule has 0 aliphatic heterocycles. The van der Waals surface area contributed by atoms with Crippen molar-refractivity contribution in [3.63, 3.8) is 0 Å². The Morgan fingerprint density at radius 1 is 1.47 bits per heavy atom. The van der Waals surface area contributed by atoms with Crippen LogP contribution in [0.25, 0.3) is 0 Å². The summed E-state index contributed by atoms with van der Waals surface area (Å²) in [6, 6.07) is 3.63. The molecule has 1 aromatic carbocycles. The molecule has 0 saturated carbocycles. The average molecular weight is 241 g/mol. The molecule has 1 rings (SSSR count). The number of carbonyl (C=O) groups excluding carboxylic acids is 1. The molecule has 0 saturated heterocycles. The summed E-state index contributed by atoms with van der Waals surface area (Å²) in [4.78, 5) is 22.0. The van der Waals surface area contributed by atoms with Gasteiger partial charge in [-0.2, -0.15) is 0 Å². The molecule has 0 fully saturated rings. The van der Waals surface area contributed by atoms with Crippen LogP contribution in [0.3, 0.4) is 0 Å². The van der Waals surface area contributed by atoms with Gasteiger partial charge >= 0.3 is 5.97 Å². The predicted molar refractivity (Wildman–Crippen MR) is 57.5 cm³/mol. The minimum Gasteiger partial charge on any atom is -0.480 e. The maximum atomic E-state index is 13.3. The van der Waals surface area contributed by atoms with E-state index in [1.54, 1.807) is 0 Å². The first-order valence-corrected chi connectivity index (χ1v) is 4.87. The Bertz CT molecular complexity index is 447. The van der Waals surface area contributed by atoms with Crippen LogP contribution in [0.2, 0.25) is 0 Å². The number of rotatable bonds is 4. The van der Waals surface area contributed by atoms with Crippen molar-refractivity contribution in [3.05, 3.63) is 29.6 Å². The van der Waals surface area contributed by atoms with Gasteiger partial charge in [0.1, 0.15) is 17.1 Å². The highest BCUT2D eigenvalue weighted by Gasteiger charge is 2.20. The molecule has 2 N–H and O–H groups in total. The van der Waals surface area contributed by atoms with E-state index in [9.17, 15) is 14.0 Å². The molecule has 0 aliphatic rings. The smallest absolute Gasteiger partial charge is 0.342 e. The quantitative estimate of drug-likeness (QED) is 0.825. The molecule has 92 valence electrons. The Kier molecular flexibility index (Phi) is 4.03. The van der Waals surface area contributed by atoms with E-state index in [-0.39, 0.29) is 5.75 Å². The highest BCUT2D eigenvalue weighted by molar-refractivity contribution is 5.91. The van der Waals surface area contributed by atoms with Crippen LogP contribution in [-0.2, 0) is 4.79 Å². The van der Waals surface area contributed by atoms with Gasteiger partial charge in [-0.1, -0.05) is 6.07 Å². The van der Waals surface area contributed by atoms with E-state index in [0.29, 0.717) is 0 Å². The Morgan fingerprint density at radius 3 is 2.65 bits per heavy atom. The summed E-state index contributed by atoms with van der Waals surface area (Å²) in [6.07, 6.45) is -0.903. The maximum absolute atomic E-state index is 13.3. The lowest BCUT2D eigenvalue weighted by molar-refractivity contribution is -0.126. The van der Waals surface area contributed by atoms with Crippen LogP contribution in [0.15, 0.2) is 18.2 Å². The molecular weight excluding hydrogens is 229 g/mol. The van der Waals surface area contributed by atoms with Crippen LogP contribution in [0.4, 0.5) is 4.39 Å². The molecule has 0 radical (unpaired) electrons. The van der Waals surface area contributed by atoms with Crippen molar-refractivity contribution < 1.29 is 23.8 Å². The van der Waals surface area contributed by atoms with Crippen molar-refractivity contribution in [2.75, 3.05) is 7.05 Å². The Labute approximate surface area is 97.2 Å². The molecule has 17 heavy (non-hydrogen) atoms. The van der Waals surface area contributed by atoms with Crippen molar-refractivity contribution in [1.82, 2.24) is 5.32 Å². The second-order valence-corrected chi connectivity index (χ2v) is 3.29. The minimum absolute atomic E-state index is 0.173. The standard InChI is InChI=1S/C11H12FNO4/c1-6(10(14)13-2)17-8-5-3-4-7(12)9(8)11(15)16/h3-6H,1-2H3,(H,13,14)(H,15,16). The SMILES string of the molecule is CNC(=O)C(C)Oc1cccc(F)c1C(=O)O. The molecular formula is C11H12FNO4. The van der Waals surface area contributed by atoms with Crippen molar-refractivity contribution in [2.24, 2.45) is 0 Å². The number of carboxylic acid groups (broad SMARTS) is 1. The maximum Gasteiger partial charge on any atom is 0.342 e. The first-order chi connectivity index (χ1) is 7.97. The Hall–Kier alpha value is -2.11. The molecule has 6 heteroatoms. The number of hydrogen-bond donors (Lipinski definition) is 2. The van der Waals surface area contributed by atoms with E-state index in [4.69, 9.17) is 9.84 Å². The van der Waals surface area contributed by atoms with Crippen molar-refractivity contribution in [3.8, 4) is 5.75 Å². The molecule has 1 atom stereocenters. The van der Waals surface area contributed by atoms with Gasteiger partial charge in [-0.25, -0.2) is 9.18 Å². The molecule has 0 heterocycles. The van der Waals surface area contributed by atoms with Crippen LogP contribution >= 0.6 is 0 Å². The van der Waals surface area contributed by atoms with E-state index in [0.717, 1.165) is 6.07 Å². The van der Waals surface area contributed by atoms with Crippen LogP contribution in [0.1, 0.15) is 17.3 Å². The lowest BCUT2D eigenvalue weighted by Crippen LogP contribution is -2.34. The second kappa shape index (κ2) is 5.29. The molecule has 5 nitrogen and oxygen atoms in total. The number of halogens is 1. The van der Waals surface area contributed by atoms with E-state index >= 15 is 0 Å². The number of hydrogen-bond acceptors (Lipinski definition) is 3. The third-order valence-corrected chi connectivity index (χ3v) is 2.11. The number of carboxylic acids is 1. The fourth-order valence-corrected chi connectivity index (χ4v) is 1.26. The van der Waals surface area contributed by atoms with Crippen molar-refractivity contribution >= 4 is 11.9 Å². The largest absolute Gasteiger partial charge is 0.480 e. The monoisotopic (exact) mass is 241 g/mol. The molecule has 1 unspecified atom stereocenters. The zero-order chi connectivity index (χ0) is 13.0. The molecule has 1 aromatic rings. The molecule has 0 aromatic heterocycles. The Balaban J connectivity index is 3.02. The van der Waals surface area contributed by atoms with E-state index in [1.165, 1.54) is 26.1 Å². The van der Waals surface area contributed by atoms with Gasteiger partial charge in [0.05, 0.1) is 0 Å². The summed E-state index contributed by atoms with van der Waals surface area (Å²) in [5, 5.41) is 11.2. The highest BCUT2D eigenvalue weighted by Crippen LogP contribution is 2.22. The van der Waals surface area contributed by atoms with Gasteiger partial charge in [-0.05, 0) is 19.1 Å². The number of benzene rings is 1. The lowest BCUT2D eigenvalue weighted by atomic mass is 10.2. The first kappa shape index (κ1) is 13.0. The lowest BCUT2D eigenvalue weighted by Gasteiger charge is -2.14. The van der Waals surface area contributed by atoms with Crippen LogP contribution in [-0.4, -0.2) is 30.1 Å². The average Bonchev–Trinajstić information content (AvgIpc) is 2.27. The van der Waals surface area contributed by atoms with Gasteiger partial charge in [0.25, 0.3) is 5.91 Å². The zero-order valence-electron chi connectivity index (χ0n) is 9.36. The summed E-state index contributed by atoms with van der Waals surface area (Å²) < 4.78 is 18.4. The van der Waals surface area contributed by atoms with Gasteiger partial charge in [0, 0.05) is 7.05 Å². The minimum atomic E-state index is -1.44.